The van der Waals surface area contributed by atoms with Crippen molar-refractivity contribution in [3.63, 3.8) is 0 Å². The molecule has 4 aromatic rings. The molecule has 9 heteroatoms. The minimum Gasteiger partial charge on any atom is -0.477 e. The van der Waals surface area contributed by atoms with Crippen molar-refractivity contribution in [2.24, 2.45) is 0 Å². The number of halogens is 1. The number of hydrogen-bond donors (Lipinski definition) is 2. The smallest absolute Gasteiger partial charge is 0.222 e. The van der Waals surface area contributed by atoms with Gasteiger partial charge in [0.1, 0.15) is 29.2 Å². The fourth-order valence-corrected chi connectivity index (χ4v) is 3.52. The van der Waals surface area contributed by atoms with Crippen molar-refractivity contribution in [3.8, 4) is 17.1 Å². The molecule has 0 aromatic carbocycles. The minimum absolute atomic E-state index is 0.294. The topological polar surface area (TPSA) is 102 Å². The number of hydrogen-bond acceptors (Lipinski definition) is 7. The van der Waals surface area contributed by atoms with Gasteiger partial charge in [-0.05, 0) is 45.9 Å². The van der Waals surface area contributed by atoms with Crippen LogP contribution < -0.4 is 10.1 Å². The van der Waals surface area contributed by atoms with E-state index in [1.807, 2.05) is 45.9 Å². The molecule has 0 saturated heterocycles. The number of pyridine rings is 2. The number of nitrogens with one attached hydrogen (secondary N) is 2. The zero-order valence-corrected chi connectivity index (χ0v) is 18.0. The average molecular weight is 424 g/mol. The Bertz CT molecular complexity index is 1200. The summed E-state index contributed by atoms with van der Waals surface area (Å²) in [5, 5.41) is 14.7. The molecule has 0 unspecified atom stereocenters. The standard InChI is InChI=1S/C22H25FN6O2/c1-5-30-21-16(7-6-8-24-21)17-10-18(20-19(25-17)13(2)27-28-20)26-22(3,4)11-15-9-14(12-23)29-31-15/h6-10H,5,11-12H2,1-4H3,(H,25,26)(H,27,28). The first-order valence-electron chi connectivity index (χ1n) is 10.1. The van der Waals surface area contributed by atoms with E-state index in [9.17, 15) is 4.39 Å². The monoisotopic (exact) mass is 424 g/mol. The van der Waals surface area contributed by atoms with Gasteiger partial charge in [0.2, 0.25) is 5.88 Å². The van der Waals surface area contributed by atoms with Gasteiger partial charge >= 0.3 is 0 Å². The predicted octanol–water partition coefficient (Wildman–Crippen LogP) is 4.62. The van der Waals surface area contributed by atoms with E-state index in [0.29, 0.717) is 30.4 Å². The second kappa shape index (κ2) is 8.33. The first-order chi connectivity index (χ1) is 14.9. The summed E-state index contributed by atoms with van der Waals surface area (Å²) in [6, 6.07) is 7.37. The summed E-state index contributed by atoms with van der Waals surface area (Å²) in [6.07, 6.45) is 2.21. The van der Waals surface area contributed by atoms with Crippen LogP contribution in [0.2, 0.25) is 0 Å². The highest BCUT2D eigenvalue weighted by Gasteiger charge is 2.24. The van der Waals surface area contributed by atoms with E-state index in [1.54, 1.807) is 12.3 Å². The Labute approximate surface area is 179 Å². The van der Waals surface area contributed by atoms with Gasteiger partial charge in [0.05, 0.1) is 29.2 Å². The SMILES string of the molecule is CCOc1ncccc1-c1cc(NC(C)(C)Cc2cc(CF)no2)c2n[nH]c(C)c2n1. The maximum absolute atomic E-state index is 12.8. The molecule has 2 N–H and O–H groups in total. The van der Waals surface area contributed by atoms with E-state index < -0.39 is 12.2 Å². The molecule has 0 radical (unpaired) electrons. The summed E-state index contributed by atoms with van der Waals surface area (Å²) in [6.45, 7) is 7.78. The lowest BCUT2D eigenvalue weighted by molar-refractivity contribution is 0.328. The number of aryl methyl sites for hydroxylation is 1. The molecule has 4 rings (SSSR count). The van der Waals surface area contributed by atoms with Gasteiger partial charge in [0.15, 0.2) is 0 Å². The lowest BCUT2D eigenvalue weighted by atomic mass is 9.98. The summed E-state index contributed by atoms with van der Waals surface area (Å²) in [5.41, 5.74) is 4.57. The number of nitrogens with zero attached hydrogens (tertiary/aromatic N) is 4. The van der Waals surface area contributed by atoms with Crippen molar-refractivity contribution >= 4 is 16.7 Å². The van der Waals surface area contributed by atoms with Crippen molar-refractivity contribution in [2.45, 2.75) is 46.3 Å². The van der Waals surface area contributed by atoms with Crippen molar-refractivity contribution in [3.05, 3.63) is 47.6 Å². The van der Waals surface area contributed by atoms with Crippen molar-refractivity contribution < 1.29 is 13.7 Å². The van der Waals surface area contributed by atoms with Crippen LogP contribution in [0.25, 0.3) is 22.3 Å². The van der Waals surface area contributed by atoms with Gasteiger partial charge in [-0.25, -0.2) is 14.4 Å². The number of H-pyrrole nitrogens is 1. The second-order valence-corrected chi connectivity index (χ2v) is 7.99. The molecule has 0 atom stereocenters. The number of aromatic nitrogens is 5. The summed E-state index contributed by atoms with van der Waals surface area (Å²) < 4.78 is 23.8. The Morgan fingerprint density at radius 2 is 2.10 bits per heavy atom. The highest BCUT2D eigenvalue weighted by molar-refractivity contribution is 5.92. The number of fused-ring (bicyclic) bond motifs is 1. The summed E-state index contributed by atoms with van der Waals surface area (Å²) in [4.78, 5) is 9.16. The van der Waals surface area contributed by atoms with Crippen LogP contribution in [0.3, 0.4) is 0 Å². The zero-order valence-electron chi connectivity index (χ0n) is 18.0. The van der Waals surface area contributed by atoms with E-state index >= 15 is 0 Å². The third-order valence-electron chi connectivity index (χ3n) is 4.85. The molecule has 0 saturated carbocycles. The van der Waals surface area contributed by atoms with E-state index in [-0.39, 0.29) is 0 Å². The van der Waals surface area contributed by atoms with Gasteiger partial charge in [-0.2, -0.15) is 5.10 Å². The number of rotatable bonds is 8. The Kier molecular flexibility index (Phi) is 5.58. The van der Waals surface area contributed by atoms with E-state index in [4.69, 9.17) is 14.2 Å². The molecule has 0 amide bonds. The summed E-state index contributed by atoms with van der Waals surface area (Å²) in [5.74, 6) is 1.14. The van der Waals surface area contributed by atoms with Crippen LogP contribution in [0.5, 0.6) is 5.88 Å². The molecule has 0 aliphatic heterocycles. The Hall–Kier alpha value is -3.49. The summed E-state index contributed by atoms with van der Waals surface area (Å²) >= 11 is 0. The van der Waals surface area contributed by atoms with Crippen LogP contribution in [-0.4, -0.2) is 37.5 Å². The highest BCUT2D eigenvalue weighted by Crippen LogP contribution is 2.34. The first kappa shape index (κ1) is 20.8. The molecule has 31 heavy (non-hydrogen) atoms. The molecule has 0 bridgehead atoms. The molecule has 162 valence electrons. The average Bonchev–Trinajstić information content (AvgIpc) is 3.34. The third kappa shape index (κ3) is 4.35. The molecule has 4 aromatic heterocycles. The van der Waals surface area contributed by atoms with Crippen molar-refractivity contribution in [1.29, 1.82) is 0 Å². The van der Waals surface area contributed by atoms with E-state index in [1.165, 1.54) is 0 Å². The Morgan fingerprint density at radius 1 is 1.26 bits per heavy atom. The van der Waals surface area contributed by atoms with Gasteiger partial charge < -0.3 is 14.6 Å². The van der Waals surface area contributed by atoms with E-state index in [2.05, 4.69) is 25.7 Å². The molecule has 0 spiro atoms. The quantitative estimate of drug-likeness (QED) is 0.426. The molecule has 0 aliphatic carbocycles. The van der Waals surface area contributed by atoms with Crippen LogP contribution in [0.1, 0.15) is 37.9 Å². The summed E-state index contributed by atoms with van der Waals surface area (Å²) in [7, 11) is 0. The van der Waals surface area contributed by atoms with Gasteiger partial charge in [-0.3, -0.25) is 5.10 Å². The second-order valence-electron chi connectivity index (χ2n) is 7.99. The number of alkyl halides is 1. The molecule has 0 fully saturated rings. The highest BCUT2D eigenvalue weighted by atomic mass is 19.1. The van der Waals surface area contributed by atoms with Gasteiger partial charge in [-0.15, -0.1) is 0 Å². The third-order valence-corrected chi connectivity index (χ3v) is 4.85. The maximum Gasteiger partial charge on any atom is 0.222 e. The fraction of sp³-hybridized carbons (Fsp3) is 0.364. The maximum atomic E-state index is 12.8. The van der Waals surface area contributed by atoms with Crippen LogP contribution in [0.4, 0.5) is 10.1 Å². The lowest BCUT2D eigenvalue weighted by Gasteiger charge is -2.27. The number of ether oxygens (including phenoxy) is 1. The van der Waals surface area contributed by atoms with Gasteiger partial charge in [0.25, 0.3) is 0 Å². The molecule has 0 aliphatic rings. The predicted molar refractivity (Wildman–Crippen MR) is 116 cm³/mol. The number of aromatic amines is 1. The largest absolute Gasteiger partial charge is 0.477 e. The fourth-order valence-electron chi connectivity index (χ4n) is 3.52. The van der Waals surface area contributed by atoms with Gasteiger partial charge in [0, 0.05) is 24.2 Å². The first-order valence-corrected chi connectivity index (χ1v) is 10.1. The van der Waals surface area contributed by atoms with E-state index in [0.717, 1.165) is 33.7 Å². The number of anilines is 1. The van der Waals surface area contributed by atoms with Gasteiger partial charge in [-0.1, -0.05) is 5.16 Å². The van der Waals surface area contributed by atoms with Crippen LogP contribution in [-0.2, 0) is 13.1 Å². The normalized spacial score (nSPS) is 11.8. The Morgan fingerprint density at radius 3 is 2.84 bits per heavy atom. The van der Waals surface area contributed by atoms with Crippen LogP contribution >= 0.6 is 0 Å². The minimum atomic E-state index is -0.647. The lowest BCUT2D eigenvalue weighted by Crippen LogP contribution is -2.33. The van der Waals surface area contributed by atoms with Crippen molar-refractivity contribution in [2.75, 3.05) is 11.9 Å². The van der Waals surface area contributed by atoms with Crippen LogP contribution in [0, 0.1) is 6.92 Å². The molecule has 4 heterocycles. The Balaban J connectivity index is 1.73. The zero-order chi connectivity index (χ0) is 22.0. The molecule has 8 nitrogen and oxygen atoms in total. The molecular weight excluding hydrogens is 399 g/mol. The van der Waals surface area contributed by atoms with Crippen LogP contribution in [0.15, 0.2) is 35.0 Å². The van der Waals surface area contributed by atoms with Crippen molar-refractivity contribution in [1.82, 2.24) is 25.3 Å². The molecular formula is C22H25FN6O2.